The second kappa shape index (κ2) is 7.27. The lowest BCUT2D eigenvalue weighted by Gasteiger charge is -2.27. The number of nitrogens with one attached hydrogen (secondary N) is 2. The summed E-state index contributed by atoms with van der Waals surface area (Å²) in [5.74, 6) is -0.357. The quantitative estimate of drug-likeness (QED) is 0.894. The molecule has 1 fully saturated rings. The Bertz CT molecular complexity index is 735. The highest BCUT2D eigenvalue weighted by Crippen LogP contribution is 2.15. The number of aromatic nitrogens is 2. The maximum atomic E-state index is 12.5. The van der Waals surface area contributed by atoms with Gasteiger partial charge < -0.3 is 15.0 Å². The van der Waals surface area contributed by atoms with E-state index in [0.717, 1.165) is 12.1 Å². The molecule has 7 heteroatoms. The Kier molecular flexibility index (Phi) is 4.90. The second-order valence-corrected chi connectivity index (χ2v) is 5.57. The Balaban J connectivity index is 1.70. The van der Waals surface area contributed by atoms with Gasteiger partial charge in [0, 0.05) is 30.0 Å². The number of aromatic amines is 1. The Labute approximate surface area is 140 Å². The number of amides is 2. The topological polar surface area (TPSA) is 87.3 Å². The molecule has 0 radical (unpaired) electrons. The highest BCUT2D eigenvalue weighted by Gasteiger charge is 2.19. The van der Waals surface area contributed by atoms with Crippen LogP contribution < -0.4 is 5.32 Å². The molecule has 2 aromatic rings. The monoisotopic (exact) mass is 328 g/mol. The van der Waals surface area contributed by atoms with Gasteiger partial charge in [0.1, 0.15) is 0 Å². The zero-order valence-electron chi connectivity index (χ0n) is 13.5. The first kappa shape index (κ1) is 16.2. The zero-order chi connectivity index (χ0) is 16.9. The number of morpholine rings is 1. The number of nitrogens with zero attached hydrogens (tertiary/aromatic N) is 2. The molecule has 1 saturated heterocycles. The van der Waals surface area contributed by atoms with E-state index < -0.39 is 0 Å². The van der Waals surface area contributed by atoms with Crippen LogP contribution in [0, 0.1) is 0 Å². The van der Waals surface area contributed by atoms with Gasteiger partial charge in [0.25, 0.3) is 11.8 Å². The van der Waals surface area contributed by atoms with Crippen molar-refractivity contribution in [3.8, 4) is 0 Å². The minimum Gasteiger partial charge on any atom is -0.378 e. The molecular formula is C17H20N4O3. The highest BCUT2D eigenvalue weighted by molar-refractivity contribution is 6.04. The zero-order valence-corrected chi connectivity index (χ0v) is 13.5. The molecule has 24 heavy (non-hydrogen) atoms. The van der Waals surface area contributed by atoms with Crippen LogP contribution in [0.15, 0.2) is 30.3 Å². The van der Waals surface area contributed by atoms with E-state index in [9.17, 15) is 9.59 Å². The van der Waals surface area contributed by atoms with Crippen LogP contribution in [0.1, 0.15) is 33.5 Å². The molecule has 1 aromatic heterocycles. The summed E-state index contributed by atoms with van der Waals surface area (Å²) in [7, 11) is 0. The van der Waals surface area contributed by atoms with Crippen molar-refractivity contribution in [1.82, 2.24) is 15.1 Å². The van der Waals surface area contributed by atoms with Crippen molar-refractivity contribution in [2.45, 2.75) is 13.3 Å². The lowest BCUT2D eigenvalue weighted by atomic mass is 10.1. The normalized spacial score (nSPS) is 14.5. The van der Waals surface area contributed by atoms with Gasteiger partial charge in [-0.15, -0.1) is 0 Å². The van der Waals surface area contributed by atoms with E-state index in [0.29, 0.717) is 43.2 Å². The van der Waals surface area contributed by atoms with Gasteiger partial charge >= 0.3 is 0 Å². The van der Waals surface area contributed by atoms with Crippen LogP contribution in [0.25, 0.3) is 0 Å². The number of hydrogen-bond donors (Lipinski definition) is 2. The van der Waals surface area contributed by atoms with Crippen molar-refractivity contribution in [2.75, 3.05) is 31.6 Å². The van der Waals surface area contributed by atoms with Gasteiger partial charge in [-0.2, -0.15) is 5.10 Å². The first-order chi connectivity index (χ1) is 11.7. The van der Waals surface area contributed by atoms with Crippen LogP contribution in [-0.2, 0) is 11.2 Å². The summed E-state index contributed by atoms with van der Waals surface area (Å²) in [4.78, 5) is 26.5. The fourth-order valence-electron chi connectivity index (χ4n) is 2.53. The fourth-order valence-corrected chi connectivity index (χ4v) is 2.53. The number of ether oxygens (including phenoxy) is 1. The van der Waals surface area contributed by atoms with Crippen LogP contribution >= 0.6 is 0 Å². The largest absolute Gasteiger partial charge is 0.378 e. The van der Waals surface area contributed by atoms with E-state index in [1.165, 1.54) is 0 Å². The first-order valence-electron chi connectivity index (χ1n) is 8.00. The van der Waals surface area contributed by atoms with Gasteiger partial charge in [0.2, 0.25) is 0 Å². The molecule has 2 heterocycles. The minimum atomic E-state index is -0.304. The van der Waals surface area contributed by atoms with Crippen molar-refractivity contribution in [2.24, 2.45) is 0 Å². The number of aryl methyl sites for hydroxylation is 1. The second-order valence-electron chi connectivity index (χ2n) is 5.57. The molecule has 0 unspecified atom stereocenters. The molecule has 0 aliphatic carbocycles. The summed E-state index contributed by atoms with van der Waals surface area (Å²) in [6.07, 6.45) is 0.782. The molecule has 7 nitrogen and oxygen atoms in total. The molecular weight excluding hydrogens is 308 g/mol. The van der Waals surface area contributed by atoms with E-state index in [1.807, 2.05) is 6.92 Å². The Morgan fingerprint density at radius 3 is 2.79 bits per heavy atom. The fraction of sp³-hybridized carbons (Fsp3) is 0.353. The standard InChI is InChI=1S/C17H20N4O3/c1-2-13-11-15(20-19-13)16(22)18-14-5-3-4-12(10-14)17(23)21-6-8-24-9-7-21/h3-5,10-11H,2,6-9H2,1H3,(H,18,22)(H,19,20). The van der Waals surface area contributed by atoms with E-state index in [4.69, 9.17) is 4.74 Å². The molecule has 2 amide bonds. The third-order valence-electron chi connectivity index (χ3n) is 3.91. The van der Waals surface area contributed by atoms with Crippen molar-refractivity contribution < 1.29 is 14.3 Å². The maximum absolute atomic E-state index is 12.5. The van der Waals surface area contributed by atoms with Gasteiger partial charge in [-0.3, -0.25) is 14.7 Å². The summed E-state index contributed by atoms with van der Waals surface area (Å²) >= 11 is 0. The van der Waals surface area contributed by atoms with Gasteiger partial charge in [-0.25, -0.2) is 0 Å². The number of benzene rings is 1. The predicted octanol–water partition coefficient (Wildman–Crippen LogP) is 1.70. The SMILES string of the molecule is CCc1cc(C(=O)Nc2cccc(C(=O)N3CCOCC3)c2)n[nH]1. The minimum absolute atomic E-state index is 0.0533. The molecule has 0 spiro atoms. The molecule has 1 aliphatic heterocycles. The van der Waals surface area contributed by atoms with Crippen LogP contribution in [-0.4, -0.2) is 53.2 Å². The number of hydrogen-bond acceptors (Lipinski definition) is 4. The number of carbonyl (C=O) groups excluding carboxylic acids is 2. The molecule has 0 atom stereocenters. The summed E-state index contributed by atoms with van der Waals surface area (Å²) in [5.41, 5.74) is 2.35. The molecule has 0 bridgehead atoms. The van der Waals surface area contributed by atoms with E-state index in [-0.39, 0.29) is 11.8 Å². The molecule has 3 rings (SSSR count). The van der Waals surface area contributed by atoms with Crippen LogP contribution in [0.4, 0.5) is 5.69 Å². The van der Waals surface area contributed by atoms with Gasteiger partial charge in [0.05, 0.1) is 13.2 Å². The van der Waals surface area contributed by atoms with E-state index in [1.54, 1.807) is 35.2 Å². The smallest absolute Gasteiger partial charge is 0.276 e. The number of H-pyrrole nitrogens is 1. The summed E-state index contributed by atoms with van der Waals surface area (Å²) in [5, 5.41) is 9.58. The lowest BCUT2D eigenvalue weighted by molar-refractivity contribution is 0.0303. The Morgan fingerprint density at radius 1 is 1.29 bits per heavy atom. The average Bonchev–Trinajstić information content (AvgIpc) is 3.11. The highest BCUT2D eigenvalue weighted by atomic mass is 16.5. The first-order valence-corrected chi connectivity index (χ1v) is 8.00. The van der Waals surface area contributed by atoms with Crippen molar-refractivity contribution in [1.29, 1.82) is 0 Å². The van der Waals surface area contributed by atoms with Crippen molar-refractivity contribution >= 4 is 17.5 Å². The van der Waals surface area contributed by atoms with E-state index >= 15 is 0 Å². The summed E-state index contributed by atoms with van der Waals surface area (Å²) in [6, 6.07) is 8.66. The van der Waals surface area contributed by atoms with Gasteiger partial charge in [-0.05, 0) is 30.7 Å². The van der Waals surface area contributed by atoms with Gasteiger partial charge in [-0.1, -0.05) is 13.0 Å². The molecule has 0 saturated carbocycles. The number of rotatable bonds is 4. The van der Waals surface area contributed by atoms with Gasteiger partial charge in [0.15, 0.2) is 5.69 Å². The maximum Gasteiger partial charge on any atom is 0.276 e. The van der Waals surface area contributed by atoms with E-state index in [2.05, 4.69) is 15.5 Å². The predicted molar refractivity (Wildman–Crippen MR) is 89.1 cm³/mol. The van der Waals surface area contributed by atoms with Crippen LogP contribution in [0.3, 0.4) is 0 Å². The lowest BCUT2D eigenvalue weighted by Crippen LogP contribution is -2.40. The molecule has 2 N–H and O–H groups in total. The average molecular weight is 328 g/mol. The van der Waals surface area contributed by atoms with Crippen molar-refractivity contribution in [3.05, 3.63) is 47.3 Å². The van der Waals surface area contributed by atoms with Crippen LogP contribution in [0.2, 0.25) is 0 Å². The summed E-state index contributed by atoms with van der Waals surface area (Å²) < 4.78 is 5.26. The molecule has 1 aromatic carbocycles. The van der Waals surface area contributed by atoms with Crippen molar-refractivity contribution in [3.63, 3.8) is 0 Å². The van der Waals surface area contributed by atoms with Crippen LogP contribution in [0.5, 0.6) is 0 Å². The summed E-state index contributed by atoms with van der Waals surface area (Å²) in [6.45, 7) is 4.27. The molecule has 126 valence electrons. The Hall–Kier alpha value is -2.67. The molecule has 1 aliphatic rings. The number of anilines is 1. The third kappa shape index (κ3) is 3.62. The number of carbonyl (C=O) groups is 2. The Morgan fingerprint density at radius 2 is 2.08 bits per heavy atom. The third-order valence-corrected chi connectivity index (χ3v) is 3.91.